The van der Waals surface area contributed by atoms with Crippen LogP contribution in [0.3, 0.4) is 0 Å². The number of allylic oxidation sites excluding steroid dienone is 1. The SMILES string of the molecule is CCCCCCCCCCCCCCCCCCCCCCC/C=C/[P]. The summed E-state index contributed by atoms with van der Waals surface area (Å²) in [5, 5.41) is 0. The van der Waals surface area contributed by atoms with Crippen molar-refractivity contribution in [1.29, 1.82) is 0 Å². The number of hydrogen-bond donors (Lipinski definition) is 0. The molecule has 0 nitrogen and oxygen atoms in total. The highest BCUT2D eigenvalue weighted by atomic mass is 31.0. The van der Waals surface area contributed by atoms with Gasteiger partial charge in [-0.3, -0.25) is 0 Å². The van der Waals surface area contributed by atoms with Crippen LogP contribution in [-0.4, -0.2) is 0 Å². The van der Waals surface area contributed by atoms with Gasteiger partial charge in [-0.2, -0.15) is 0 Å². The largest absolute Gasteiger partial charge is 0.0834 e. The molecule has 1 heteroatoms. The highest BCUT2D eigenvalue weighted by Gasteiger charge is 1.95. The van der Waals surface area contributed by atoms with Gasteiger partial charge in [0.25, 0.3) is 0 Å². The van der Waals surface area contributed by atoms with Crippen molar-refractivity contribution in [3.8, 4) is 0 Å². The fourth-order valence-corrected chi connectivity index (χ4v) is 3.92. The van der Waals surface area contributed by atoms with E-state index in [0.29, 0.717) is 0 Å². The van der Waals surface area contributed by atoms with E-state index >= 15 is 0 Å². The second kappa shape index (κ2) is 25.2. The standard InChI is InChI=1S/C25H49P/c1-2-3-4-5-6-7-8-9-10-11-12-13-14-15-16-17-18-19-20-21-22-23-24-25-26/h24-25H,2-23H2,1H3/b25-24+. The molecule has 26 heavy (non-hydrogen) atoms. The first-order valence-electron chi connectivity index (χ1n) is 12.2. The molecule has 0 rings (SSSR count). The maximum atomic E-state index is 4.09. The van der Waals surface area contributed by atoms with Gasteiger partial charge in [0, 0.05) is 0 Å². The van der Waals surface area contributed by atoms with Crippen LogP contribution in [0.25, 0.3) is 0 Å². The zero-order valence-electron chi connectivity index (χ0n) is 18.2. The molecule has 0 unspecified atom stereocenters. The average molecular weight is 381 g/mol. The number of hydrogen-bond acceptors (Lipinski definition) is 0. The zero-order valence-corrected chi connectivity index (χ0v) is 19.1. The van der Waals surface area contributed by atoms with Crippen LogP contribution in [0.2, 0.25) is 0 Å². The lowest BCUT2D eigenvalue weighted by Crippen LogP contribution is -1.84. The van der Waals surface area contributed by atoms with Gasteiger partial charge in [-0.25, -0.2) is 0 Å². The fraction of sp³-hybridized carbons (Fsp3) is 0.920. The van der Waals surface area contributed by atoms with Crippen molar-refractivity contribution in [1.82, 2.24) is 0 Å². The summed E-state index contributed by atoms with van der Waals surface area (Å²) < 4.78 is 0. The van der Waals surface area contributed by atoms with Crippen molar-refractivity contribution in [3.63, 3.8) is 0 Å². The molecule has 154 valence electrons. The highest BCUT2D eigenvalue weighted by molar-refractivity contribution is 7.20. The van der Waals surface area contributed by atoms with Gasteiger partial charge in [0.05, 0.1) is 0 Å². The smallest absolute Gasteiger partial charge is 0.0146 e. The second-order valence-electron chi connectivity index (χ2n) is 8.24. The molecular formula is C25H49P. The van der Waals surface area contributed by atoms with Crippen LogP contribution < -0.4 is 0 Å². The van der Waals surface area contributed by atoms with Gasteiger partial charge in [-0.1, -0.05) is 147 Å². The minimum Gasteiger partial charge on any atom is -0.0834 e. The molecule has 0 fully saturated rings. The Bertz CT molecular complexity index is 259. The van der Waals surface area contributed by atoms with E-state index in [1.807, 2.05) is 5.82 Å². The summed E-state index contributed by atoms with van der Waals surface area (Å²) in [6, 6.07) is 0. The first kappa shape index (κ1) is 26.2. The van der Waals surface area contributed by atoms with E-state index in [4.69, 9.17) is 0 Å². The Kier molecular flexibility index (Phi) is 25.3. The van der Waals surface area contributed by atoms with Crippen LogP contribution in [0.4, 0.5) is 0 Å². The highest BCUT2D eigenvalue weighted by Crippen LogP contribution is 2.15. The predicted octanol–water partition coefficient (Wildman–Crippen LogP) is 10.5. The molecule has 0 aliphatic carbocycles. The van der Waals surface area contributed by atoms with E-state index < -0.39 is 0 Å². The zero-order chi connectivity index (χ0) is 19.0. The first-order valence-corrected chi connectivity index (χ1v) is 12.7. The number of unbranched alkanes of at least 4 members (excludes halogenated alkanes) is 21. The summed E-state index contributed by atoms with van der Waals surface area (Å²) in [5.74, 6) is 1.87. The molecule has 0 aromatic carbocycles. The Labute approximate surface area is 169 Å². The van der Waals surface area contributed by atoms with Gasteiger partial charge in [0.15, 0.2) is 0 Å². The predicted molar refractivity (Wildman–Crippen MR) is 123 cm³/mol. The molecule has 2 radical (unpaired) electrons. The summed E-state index contributed by atoms with van der Waals surface area (Å²) in [6.07, 6.45) is 34.0. The van der Waals surface area contributed by atoms with E-state index in [9.17, 15) is 0 Å². The van der Waals surface area contributed by atoms with Crippen molar-refractivity contribution in [2.24, 2.45) is 0 Å². The molecule has 0 aliphatic heterocycles. The monoisotopic (exact) mass is 380 g/mol. The van der Waals surface area contributed by atoms with Gasteiger partial charge < -0.3 is 0 Å². The number of rotatable bonds is 22. The molecule has 0 N–H and O–H groups in total. The molecule has 0 amide bonds. The topological polar surface area (TPSA) is 0 Å². The Morgan fingerprint density at radius 3 is 0.962 bits per heavy atom. The third-order valence-corrected chi connectivity index (χ3v) is 5.79. The Hall–Kier alpha value is 0.170. The van der Waals surface area contributed by atoms with Crippen molar-refractivity contribution >= 4 is 9.24 Å². The van der Waals surface area contributed by atoms with Crippen LogP contribution in [0.1, 0.15) is 148 Å². The van der Waals surface area contributed by atoms with Crippen molar-refractivity contribution in [2.75, 3.05) is 0 Å². The van der Waals surface area contributed by atoms with Crippen LogP contribution in [0, 0.1) is 0 Å². The van der Waals surface area contributed by atoms with Gasteiger partial charge in [-0.15, -0.1) is 0 Å². The molecule has 0 bridgehead atoms. The van der Waals surface area contributed by atoms with Crippen LogP contribution >= 0.6 is 9.24 Å². The normalized spacial score (nSPS) is 11.6. The van der Waals surface area contributed by atoms with Gasteiger partial charge in [0.1, 0.15) is 0 Å². The minimum absolute atomic E-state index is 1.21. The second-order valence-corrected chi connectivity index (χ2v) is 8.54. The van der Waals surface area contributed by atoms with Gasteiger partial charge in [-0.05, 0) is 22.1 Å². The maximum absolute atomic E-state index is 4.09. The Balaban J connectivity index is 2.97. The summed E-state index contributed by atoms with van der Waals surface area (Å²) in [7, 11) is 4.09. The molecule has 0 aromatic rings. The molecular weight excluding hydrogens is 331 g/mol. The molecule has 0 saturated carbocycles. The van der Waals surface area contributed by atoms with E-state index in [-0.39, 0.29) is 0 Å². The first-order chi connectivity index (χ1) is 12.9. The lowest BCUT2D eigenvalue weighted by Gasteiger charge is -2.04. The van der Waals surface area contributed by atoms with Crippen LogP contribution in [0.15, 0.2) is 11.9 Å². The lowest BCUT2D eigenvalue weighted by molar-refractivity contribution is 0.520. The van der Waals surface area contributed by atoms with Crippen molar-refractivity contribution in [2.45, 2.75) is 148 Å². The van der Waals surface area contributed by atoms with E-state index in [0.717, 1.165) is 0 Å². The Morgan fingerprint density at radius 2 is 0.692 bits per heavy atom. The molecule has 0 heterocycles. The summed E-state index contributed by atoms with van der Waals surface area (Å²) in [5.41, 5.74) is 0. The third-order valence-electron chi connectivity index (χ3n) is 5.58. The summed E-state index contributed by atoms with van der Waals surface area (Å²) in [6.45, 7) is 2.30. The van der Waals surface area contributed by atoms with E-state index in [1.165, 1.54) is 141 Å². The maximum Gasteiger partial charge on any atom is -0.0146 e. The summed E-state index contributed by atoms with van der Waals surface area (Å²) in [4.78, 5) is 0. The van der Waals surface area contributed by atoms with Gasteiger partial charge in [0.2, 0.25) is 0 Å². The van der Waals surface area contributed by atoms with Crippen LogP contribution in [-0.2, 0) is 0 Å². The van der Waals surface area contributed by atoms with Crippen LogP contribution in [0.5, 0.6) is 0 Å². The third kappa shape index (κ3) is 24.2. The lowest BCUT2D eigenvalue weighted by atomic mass is 10.0. The molecule has 0 atom stereocenters. The molecule has 0 aliphatic rings. The molecule has 0 aromatic heterocycles. The van der Waals surface area contributed by atoms with Gasteiger partial charge >= 0.3 is 0 Å². The molecule has 0 saturated heterocycles. The van der Waals surface area contributed by atoms with E-state index in [1.54, 1.807) is 0 Å². The quantitative estimate of drug-likeness (QED) is 0.129. The fourth-order valence-electron chi connectivity index (χ4n) is 3.77. The average Bonchev–Trinajstić information content (AvgIpc) is 2.66. The minimum atomic E-state index is 1.21. The summed E-state index contributed by atoms with van der Waals surface area (Å²) >= 11 is 0. The van der Waals surface area contributed by atoms with Crippen molar-refractivity contribution in [3.05, 3.63) is 11.9 Å². The Morgan fingerprint density at radius 1 is 0.423 bits per heavy atom. The van der Waals surface area contributed by atoms with E-state index in [2.05, 4.69) is 22.2 Å². The van der Waals surface area contributed by atoms with Crippen molar-refractivity contribution < 1.29 is 0 Å². The molecule has 0 spiro atoms.